The summed E-state index contributed by atoms with van der Waals surface area (Å²) in [5.41, 5.74) is -0.144. The highest BCUT2D eigenvalue weighted by Gasteiger charge is 2.36. The largest absolute Gasteiger partial charge is 0.394 e. The number of aliphatic hydroxyl groups excluding tert-OH is 1. The topological polar surface area (TPSA) is 110 Å². The molecule has 8 heteroatoms. The molecule has 1 aromatic heterocycles. The molecule has 3 atom stereocenters. The van der Waals surface area contributed by atoms with Crippen LogP contribution in [0.1, 0.15) is 69.9 Å². The lowest BCUT2D eigenvalue weighted by atomic mass is 9.84. The molecule has 0 radical (unpaired) electrons. The van der Waals surface area contributed by atoms with E-state index in [9.17, 15) is 15.0 Å². The van der Waals surface area contributed by atoms with Gasteiger partial charge in [0.25, 0.3) is 0 Å². The van der Waals surface area contributed by atoms with Crippen LogP contribution in [0, 0.1) is 5.92 Å². The first kappa shape index (κ1) is 19.8. The van der Waals surface area contributed by atoms with E-state index in [4.69, 9.17) is 4.74 Å². The zero-order chi connectivity index (χ0) is 19.6. The van der Waals surface area contributed by atoms with E-state index in [0.717, 1.165) is 64.2 Å². The second kappa shape index (κ2) is 8.47. The number of aliphatic hydroxyl groups is 2. The van der Waals surface area contributed by atoms with Crippen LogP contribution >= 0.6 is 0 Å². The summed E-state index contributed by atoms with van der Waals surface area (Å²) in [6.07, 6.45) is 10.6. The molecule has 0 spiro atoms. The highest BCUT2D eigenvalue weighted by atomic mass is 16.5. The van der Waals surface area contributed by atoms with Gasteiger partial charge in [0.05, 0.1) is 24.9 Å². The van der Waals surface area contributed by atoms with Crippen LogP contribution in [0.5, 0.6) is 0 Å². The highest BCUT2D eigenvalue weighted by molar-refractivity contribution is 5.79. The summed E-state index contributed by atoms with van der Waals surface area (Å²) in [4.78, 5) is 12.2. The molecule has 2 aliphatic carbocycles. The maximum atomic E-state index is 12.2. The van der Waals surface area contributed by atoms with E-state index in [1.807, 2.05) is 6.20 Å². The normalized spacial score (nSPS) is 30.1. The van der Waals surface area contributed by atoms with E-state index >= 15 is 0 Å². The summed E-state index contributed by atoms with van der Waals surface area (Å²) >= 11 is 0. The SMILES string of the molecule is O=C(N[C@H]1CC[C@@H](CCn2cc(C3(O)CCCC3)nn2)O[C@H]1CO)C1CCC1. The van der Waals surface area contributed by atoms with Crippen molar-refractivity contribution in [1.82, 2.24) is 20.3 Å². The monoisotopic (exact) mass is 392 g/mol. The number of carbonyl (C=O) groups excluding carboxylic acids is 1. The van der Waals surface area contributed by atoms with Gasteiger partial charge in [0.15, 0.2) is 0 Å². The van der Waals surface area contributed by atoms with Gasteiger partial charge in [0, 0.05) is 12.5 Å². The first-order valence-corrected chi connectivity index (χ1v) is 10.8. The van der Waals surface area contributed by atoms with Crippen molar-refractivity contribution in [2.24, 2.45) is 5.92 Å². The number of nitrogens with zero attached hydrogens (tertiary/aromatic N) is 3. The van der Waals surface area contributed by atoms with E-state index in [2.05, 4.69) is 15.6 Å². The number of hydrogen-bond donors (Lipinski definition) is 3. The van der Waals surface area contributed by atoms with Gasteiger partial charge in [-0.2, -0.15) is 0 Å². The maximum absolute atomic E-state index is 12.2. The van der Waals surface area contributed by atoms with Crippen LogP contribution in [0.25, 0.3) is 0 Å². The fourth-order valence-electron chi connectivity index (χ4n) is 4.59. The van der Waals surface area contributed by atoms with Crippen molar-refractivity contribution < 1.29 is 19.7 Å². The summed E-state index contributed by atoms with van der Waals surface area (Å²) in [5, 5.41) is 31.7. The molecule has 2 heterocycles. The number of aryl methyl sites for hydroxylation is 1. The third kappa shape index (κ3) is 4.23. The fraction of sp³-hybridized carbons (Fsp3) is 0.850. The standard InChI is InChI=1S/C20H32N4O4/c25-13-17-16(21-19(26)14-4-3-5-14)7-6-15(28-17)8-11-24-12-18(22-23-24)20(27)9-1-2-10-20/h12,14-17,25,27H,1-11,13H2,(H,21,26)/t15-,16-,17-/m0/s1. The molecule has 1 saturated heterocycles. The van der Waals surface area contributed by atoms with Crippen LogP contribution in [0.15, 0.2) is 6.20 Å². The predicted molar refractivity (Wildman–Crippen MR) is 101 cm³/mol. The molecule has 3 N–H and O–H groups in total. The van der Waals surface area contributed by atoms with Gasteiger partial charge in [0.2, 0.25) is 5.91 Å². The first-order chi connectivity index (χ1) is 13.6. The van der Waals surface area contributed by atoms with Crippen molar-refractivity contribution in [3.8, 4) is 0 Å². The quantitative estimate of drug-likeness (QED) is 0.644. The molecule has 0 aromatic carbocycles. The second-order valence-corrected chi connectivity index (χ2v) is 8.69. The second-order valence-electron chi connectivity index (χ2n) is 8.69. The van der Waals surface area contributed by atoms with Crippen molar-refractivity contribution in [3.63, 3.8) is 0 Å². The van der Waals surface area contributed by atoms with Gasteiger partial charge in [-0.25, -0.2) is 0 Å². The zero-order valence-electron chi connectivity index (χ0n) is 16.4. The highest BCUT2D eigenvalue weighted by Crippen LogP contribution is 2.37. The number of hydrogen-bond acceptors (Lipinski definition) is 6. The Hall–Kier alpha value is -1.51. The van der Waals surface area contributed by atoms with Crippen LogP contribution in [-0.4, -0.2) is 56.0 Å². The number of amides is 1. The van der Waals surface area contributed by atoms with Crippen molar-refractivity contribution in [1.29, 1.82) is 0 Å². The Morgan fingerprint density at radius 3 is 2.71 bits per heavy atom. The Morgan fingerprint density at radius 2 is 2.04 bits per heavy atom. The van der Waals surface area contributed by atoms with Gasteiger partial charge >= 0.3 is 0 Å². The lowest BCUT2D eigenvalue weighted by Crippen LogP contribution is -2.52. The molecule has 28 heavy (non-hydrogen) atoms. The molecule has 3 aliphatic rings. The number of ether oxygens (including phenoxy) is 1. The van der Waals surface area contributed by atoms with Gasteiger partial charge in [-0.1, -0.05) is 24.5 Å². The molecule has 156 valence electrons. The van der Waals surface area contributed by atoms with Gasteiger partial charge in [-0.05, 0) is 44.9 Å². The molecular formula is C20H32N4O4. The molecule has 1 amide bonds. The lowest BCUT2D eigenvalue weighted by Gasteiger charge is -2.37. The van der Waals surface area contributed by atoms with Gasteiger partial charge in [0.1, 0.15) is 17.4 Å². The van der Waals surface area contributed by atoms with Gasteiger partial charge < -0.3 is 20.3 Å². The number of carbonyl (C=O) groups is 1. The molecule has 0 bridgehead atoms. The van der Waals surface area contributed by atoms with Crippen LogP contribution < -0.4 is 5.32 Å². The van der Waals surface area contributed by atoms with E-state index in [-0.39, 0.29) is 36.7 Å². The molecule has 4 rings (SSSR count). The Kier molecular flexibility index (Phi) is 5.99. The third-order valence-electron chi connectivity index (χ3n) is 6.73. The molecule has 3 fully saturated rings. The summed E-state index contributed by atoms with van der Waals surface area (Å²) in [7, 11) is 0. The molecule has 0 unspecified atom stereocenters. The first-order valence-electron chi connectivity index (χ1n) is 10.8. The van der Waals surface area contributed by atoms with Gasteiger partial charge in [-0.3, -0.25) is 9.48 Å². The third-order valence-corrected chi connectivity index (χ3v) is 6.73. The zero-order valence-corrected chi connectivity index (χ0v) is 16.4. The van der Waals surface area contributed by atoms with Crippen LogP contribution in [0.2, 0.25) is 0 Å². The van der Waals surface area contributed by atoms with E-state index in [0.29, 0.717) is 12.2 Å². The number of aromatic nitrogens is 3. The average Bonchev–Trinajstić information content (AvgIpc) is 3.29. The van der Waals surface area contributed by atoms with Crippen molar-refractivity contribution in [2.45, 2.75) is 94.6 Å². The summed E-state index contributed by atoms with van der Waals surface area (Å²) in [6.45, 7) is 0.567. The van der Waals surface area contributed by atoms with Crippen molar-refractivity contribution >= 4 is 5.91 Å². The van der Waals surface area contributed by atoms with Crippen molar-refractivity contribution in [2.75, 3.05) is 6.61 Å². The van der Waals surface area contributed by atoms with Crippen LogP contribution in [0.3, 0.4) is 0 Å². The predicted octanol–water partition coefficient (Wildman–Crippen LogP) is 1.25. The van der Waals surface area contributed by atoms with E-state index < -0.39 is 5.60 Å². The number of rotatable bonds is 7. The minimum absolute atomic E-state index is 0.0243. The van der Waals surface area contributed by atoms with E-state index in [1.165, 1.54) is 0 Å². The Labute approximate surface area is 165 Å². The molecule has 8 nitrogen and oxygen atoms in total. The van der Waals surface area contributed by atoms with Crippen LogP contribution in [0.4, 0.5) is 0 Å². The smallest absolute Gasteiger partial charge is 0.223 e. The minimum Gasteiger partial charge on any atom is -0.394 e. The Balaban J connectivity index is 1.26. The molecule has 2 saturated carbocycles. The van der Waals surface area contributed by atoms with E-state index in [1.54, 1.807) is 4.68 Å². The molecular weight excluding hydrogens is 360 g/mol. The molecule has 1 aliphatic heterocycles. The Morgan fingerprint density at radius 1 is 1.25 bits per heavy atom. The van der Waals surface area contributed by atoms with Gasteiger partial charge in [-0.15, -0.1) is 5.10 Å². The minimum atomic E-state index is -0.812. The number of nitrogens with one attached hydrogen (secondary N) is 1. The molecule has 1 aromatic rings. The maximum Gasteiger partial charge on any atom is 0.223 e. The summed E-state index contributed by atoms with van der Waals surface area (Å²) < 4.78 is 7.82. The average molecular weight is 393 g/mol. The fourth-order valence-corrected chi connectivity index (χ4v) is 4.59. The lowest BCUT2D eigenvalue weighted by molar-refractivity contribution is -0.134. The van der Waals surface area contributed by atoms with Crippen molar-refractivity contribution in [3.05, 3.63) is 11.9 Å². The summed E-state index contributed by atoms with van der Waals surface area (Å²) in [6, 6.07) is -0.107. The summed E-state index contributed by atoms with van der Waals surface area (Å²) in [5.74, 6) is 0.255. The Bertz CT molecular complexity index is 669. The van der Waals surface area contributed by atoms with Crippen LogP contribution in [-0.2, 0) is 21.7 Å².